The van der Waals surface area contributed by atoms with Crippen LogP contribution >= 0.6 is 7.37 Å². The number of aliphatic hydroxyl groups is 2. The molecule has 0 spiro atoms. The van der Waals surface area contributed by atoms with Gasteiger partial charge in [-0.05, 0) is 0 Å². The van der Waals surface area contributed by atoms with Crippen LogP contribution in [0.15, 0.2) is 0 Å². The van der Waals surface area contributed by atoms with Crippen LogP contribution in [0.3, 0.4) is 0 Å². The average Bonchev–Trinajstić information content (AvgIpc) is 1.99. The molecule has 0 aliphatic heterocycles. The molecule has 0 saturated heterocycles. The molecule has 0 amide bonds. The Labute approximate surface area is 79.4 Å². The Morgan fingerprint density at radius 3 is 2.08 bits per heavy atom. The molecule has 1 atom stereocenters. The van der Waals surface area contributed by atoms with Crippen molar-refractivity contribution >= 4 is 7.37 Å². The standard InChI is InChI=1S/C8H19O4P/c1-8(2,3)13(11,7-5-10)12-6-4-9/h9-10H,4-7H2,1-3H3. The summed E-state index contributed by atoms with van der Waals surface area (Å²) in [6, 6.07) is 0. The lowest BCUT2D eigenvalue weighted by Crippen LogP contribution is -2.21. The molecule has 0 aromatic rings. The average molecular weight is 210 g/mol. The summed E-state index contributed by atoms with van der Waals surface area (Å²) in [6.45, 7) is 5.18. The second kappa shape index (κ2) is 5.11. The molecule has 80 valence electrons. The van der Waals surface area contributed by atoms with Crippen LogP contribution in [0.2, 0.25) is 0 Å². The fourth-order valence-electron chi connectivity index (χ4n) is 0.914. The van der Waals surface area contributed by atoms with Gasteiger partial charge in [0.2, 0.25) is 7.37 Å². The fourth-order valence-corrected chi connectivity index (χ4v) is 2.74. The maximum atomic E-state index is 12.1. The second-order valence-corrected chi connectivity index (χ2v) is 7.24. The molecule has 5 heteroatoms. The van der Waals surface area contributed by atoms with Crippen molar-refractivity contribution in [3.63, 3.8) is 0 Å². The van der Waals surface area contributed by atoms with Crippen molar-refractivity contribution in [3.8, 4) is 0 Å². The van der Waals surface area contributed by atoms with Gasteiger partial charge in [-0.15, -0.1) is 0 Å². The molecule has 0 aliphatic carbocycles. The molecule has 13 heavy (non-hydrogen) atoms. The highest BCUT2D eigenvalue weighted by Crippen LogP contribution is 2.58. The van der Waals surface area contributed by atoms with Gasteiger partial charge in [0.15, 0.2) is 0 Å². The molecule has 0 aromatic carbocycles. The predicted octanol–water partition coefficient (Wildman–Crippen LogP) is 1.06. The maximum Gasteiger partial charge on any atom is 0.210 e. The smallest absolute Gasteiger partial charge is 0.210 e. The lowest BCUT2D eigenvalue weighted by Gasteiger charge is -2.30. The van der Waals surface area contributed by atoms with Gasteiger partial charge in [-0.2, -0.15) is 0 Å². The summed E-state index contributed by atoms with van der Waals surface area (Å²) < 4.78 is 17.2. The van der Waals surface area contributed by atoms with Gasteiger partial charge < -0.3 is 14.7 Å². The van der Waals surface area contributed by atoms with E-state index in [4.69, 9.17) is 14.7 Å². The summed E-state index contributed by atoms with van der Waals surface area (Å²) in [4.78, 5) is 0. The Bertz CT molecular complexity index is 185. The minimum absolute atomic E-state index is 0.0640. The first kappa shape index (κ1) is 13.1. The van der Waals surface area contributed by atoms with Gasteiger partial charge in [0.25, 0.3) is 0 Å². The van der Waals surface area contributed by atoms with E-state index >= 15 is 0 Å². The second-order valence-electron chi connectivity index (χ2n) is 3.85. The van der Waals surface area contributed by atoms with E-state index < -0.39 is 12.5 Å². The van der Waals surface area contributed by atoms with Crippen LogP contribution in [0, 0.1) is 0 Å². The van der Waals surface area contributed by atoms with Gasteiger partial charge in [0, 0.05) is 11.3 Å². The van der Waals surface area contributed by atoms with Crippen molar-refractivity contribution in [2.24, 2.45) is 0 Å². The van der Waals surface area contributed by atoms with E-state index in [1.807, 2.05) is 0 Å². The molecule has 0 rings (SSSR count). The van der Waals surface area contributed by atoms with Gasteiger partial charge in [-0.3, -0.25) is 4.57 Å². The zero-order valence-corrected chi connectivity index (χ0v) is 9.38. The SMILES string of the molecule is CC(C)(C)P(=O)(CCO)OCCO. The summed E-state index contributed by atoms with van der Waals surface area (Å²) in [5, 5.41) is 16.8. The summed E-state index contributed by atoms with van der Waals surface area (Å²) >= 11 is 0. The third-order valence-electron chi connectivity index (χ3n) is 1.81. The molecular weight excluding hydrogens is 191 g/mol. The molecule has 4 nitrogen and oxygen atoms in total. The minimum atomic E-state index is -2.83. The number of hydrogen-bond donors (Lipinski definition) is 2. The van der Waals surface area contributed by atoms with Crippen LogP contribution < -0.4 is 0 Å². The van der Waals surface area contributed by atoms with Gasteiger partial charge in [-0.25, -0.2) is 0 Å². The van der Waals surface area contributed by atoms with E-state index in [9.17, 15) is 4.57 Å². The van der Waals surface area contributed by atoms with Crippen molar-refractivity contribution in [3.05, 3.63) is 0 Å². The molecule has 0 aliphatic rings. The maximum absolute atomic E-state index is 12.1. The van der Waals surface area contributed by atoms with Gasteiger partial charge in [0.05, 0.1) is 19.8 Å². The predicted molar refractivity (Wildman–Crippen MR) is 52.4 cm³/mol. The monoisotopic (exact) mass is 210 g/mol. The molecule has 0 bridgehead atoms. The van der Waals surface area contributed by atoms with Crippen LogP contribution in [0.25, 0.3) is 0 Å². The zero-order valence-electron chi connectivity index (χ0n) is 8.49. The first-order valence-electron chi connectivity index (χ1n) is 4.33. The summed E-state index contributed by atoms with van der Waals surface area (Å²) in [6.07, 6.45) is 0.149. The normalized spacial score (nSPS) is 17.0. The number of rotatable bonds is 5. The van der Waals surface area contributed by atoms with Gasteiger partial charge in [-0.1, -0.05) is 20.8 Å². The van der Waals surface area contributed by atoms with Crippen molar-refractivity contribution in [1.82, 2.24) is 0 Å². The Morgan fingerprint density at radius 2 is 1.77 bits per heavy atom. The summed E-state index contributed by atoms with van der Waals surface area (Å²) in [7, 11) is -2.83. The molecule has 2 N–H and O–H groups in total. The molecular formula is C8H19O4P. The highest BCUT2D eigenvalue weighted by molar-refractivity contribution is 7.60. The van der Waals surface area contributed by atoms with Crippen molar-refractivity contribution in [1.29, 1.82) is 0 Å². The van der Waals surface area contributed by atoms with Gasteiger partial charge in [0.1, 0.15) is 0 Å². The van der Waals surface area contributed by atoms with Crippen LogP contribution in [-0.2, 0) is 9.09 Å². The lowest BCUT2D eigenvalue weighted by molar-refractivity contribution is 0.195. The Balaban J connectivity index is 4.44. The van der Waals surface area contributed by atoms with E-state index in [-0.39, 0.29) is 26.0 Å². The van der Waals surface area contributed by atoms with Crippen LogP contribution in [-0.4, -0.2) is 41.4 Å². The summed E-state index contributed by atoms with van der Waals surface area (Å²) in [5.41, 5.74) is 0. The first-order chi connectivity index (χ1) is 5.87. The number of hydrogen-bond acceptors (Lipinski definition) is 4. The van der Waals surface area contributed by atoms with Crippen molar-refractivity contribution in [2.45, 2.75) is 25.9 Å². The molecule has 0 saturated carbocycles. The van der Waals surface area contributed by atoms with Crippen molar-refractivity contribution < 1.29 is 19.3 Å². The third-order valence-corrected chi connectivity index (χ3v) is 5.24. The highest BCUT2D eigenvalue weighted by Gasteiger charge is 2.36. The molecule has 1 unspecified atom stereocenters. The van der Waals surface area contributed by atoms with E-state index in [0.29, 0.717) is 0 Å². The summed E-state index contributed by atoms with van der Waals surface area (Å²) in [5.74, 6) is 0. The molecule has 0 heterocycles. The van der Waals surface area contributed by atoms with E-state index in [1.54, 1.807) is 20.8 Å². The van der Waals surface area contributed by atoms with Crippen LogP contribution in [0.4, 0.5) is 0 Å². The fraction of sp³-hybridized carbons (Fsp3) is 1.00. The zero-order chi connectivity index (χ0) is 10.5. The van der Waals surface area contributed by atoms with Gasteiger partial charge >= 0.3 is 0 Å². The van der Waals surface area contributed by atoms with E-state index in [0.717, 1.165) is 0 Å². The molecule has 0 aromatic heterocycles. The largest absolute Gasteiger partial charge is 0.396 e. The lowest BCUT2D eigenvalue weighted by atomic mass is 10.3. The quantitative estimate of drug-likeness (QED) is 0.666. The Hall–Kier alpha value is 0.110. The molecule has 0 radical (unpaired) electrons. The minimum Gasteiger partial charge on any atom is -0.396 e. The first-order valence-corrected chi connectivity index (χ1v) is 6.14. The Kier molecular flexibility index (Phi) is 5.15. The van der Waals surface area contributed by atoms with Crippen molar-refractivity contribution in [2.75, 3.05) is 26.0 Å². The highest BCUT2D eigenvalue weighted by atomic mass is 31.2. The topological polar surface area (TPSA) is 66.8 Å². The third kappa shape index (κ3) is 3.77. The Morgan fingerprint density at radius 1 is 1.23 bits per heavy atom. The van der Waals surface area contributed by atoms with Crippen LogP contribution in [0.5, 0.6) is 0 Å². The molecule has 0 fully saturated rings. The van der Waals surface area contributed by atoms with E-state index in [1.165, 1.54) is 0 Å². The van der Waals surface area contributed by atoms with Crippen LogP contribution in [0.1, 0.15) is 20.8 Å². The van der Waals surface area contributed by atoms with E-state index in [2.05, 4.69) is 0 Å². The number of aliphatic hydroxyl groups excluding tert-OH is 2.